The van der Waals surface area contributed by atoms with E-state index in [1.54, 1.807) is 0 Å². The first kappa shape index (κ1) is 9.71. The molecule has 0 aliphatic carbocycles. The van der Waals surface area contributed by atoms with Crippen molar-refractivity contribution in [3.8, 4) is 0 Å². The second-order valence-corrected chi connectivity index (χ2v) is 4.11. The molecule has 1 N–H and O–H groups in total. The fourth-order valence-electron chi connectivity index (χ4n) is 2.18. The van der Waals surface area contributed by atoms with Crippen molar-refractivity contribution < 1.29 is 5.11 Å². The molecule has 0 radical (unpaired) electrons. The predicted octanol–water partition coefficient (Wildman–Crippen LogP) is 1.39. The Kier molecular flexibility index (Phi) is 2.87. The molecule has 0 spiro atoms. The van der Waals surface area contributed by atoms with Gasteiger partial charge < -0.3 is 9.67 Å². The molecular weight excluding hydrogens is 176 g/mol. The number of aliphatic hydroxyl groups excluding tert-OH is 1. The molecule has 3 heteroatoms. The van der Waals surface area contributed by atoms with Crippen LogP contribution in [0.3, 0.4) is 0 Å². The van der Waals surface area contributed by atoms with E-state index >= 15 is 0 Å². The van der Waals surface area contributed by atoms with Crippen molar-refractivity contribution in [3.05, 3.63) is 17.7 Å². The van der Waals surface area contributed by atoms with Crippen LogP contribution in [0.2, 0.25) is 0 Å². The third-order valence-corrected chi connectivity index (χ3v) is 3.01. The smallest absolute Gasteiger partial charge is 0.108 e. The number of rotatable bonds is 3. The number of aryl methyl sites for hydroxylation is 1. The quantitative estimate of drug-likeness (QED) is 0.789. The molecule has 1 aromatic heterocycles. The summed E-state index contributed by atoms with van der Waals surface area (Å²) in [6, 6.07) is 0. The van der Waals surface area contributed by atoms with Gasteiger partial charge in [0.2, 0.25) is 0 Å². The van der Waals surface area contributed by atoms with Crippen LogP contribution in [-0.4, -0.2) is 21.3 Å². The minimum absolute atomic E-state index is 0.314. The average molecular weight is 194 g/mol. The summed E-state index contributed by atoms with van der Waals surface area (Å²) >= 11 is 0. The molecule has 0 fully saturated rings. The Balaban J connectivity index is 2.16. The van der Waals surface area contributed by atoms with E-state index in [9.17, 15) is 0 Å². The van der Waals surface area contributed by atoms with Crippen LogP contribution in [0.25, 0.3) is 0 Å². The topological polar surface area (TPSA) is 38.0 Å². The van der Waals surface area contributed by atoms with Crippen molar-refractivity contribution in [1.82, 2.24) is 9.55 Å². The molecule has 1 aliphatic rings. The van der Waals surface area contributed by atoms with Gasteiger partial charge >= 0.3 is 0 Å². The standard InChI is InChI=1S/C11H18N2O/c1-2-3-11-12-7-10-6-9(8-14)4-5-13(10)11/h7,9,14H,2-6,8H2,1H3. The van der Waals surface area contributed by atoms with Crippen molar-refractivity contribution in [2.75, 3.05) is 6.61 Å². The van der Waals surface area contributed by atoms with Crippen molar-refractivity contribution in [3.63, 3.8) is 0 Å². The summed E-state index contributed by atoms with van der Waals surface area (Å²) in [5.41, 5.74) is 1.30. The summed E-state index contributed by atoms with van der Waals surface area (Å²) in [6.07, 6.45) is 6.29. The van der Waals surface area contributed by atoms with E-state index in [0.29, 0.717) is 12.5 Å². The van der Waals surface area contributed by atoms with Gasteiger partial charge in [-0.1, -0.05) is 6.92 Å². The van der Waals surface area contributed by atoms with Gasteiger partial charge in [0.1, 0.15) is 5.82 Å². The molecule has 1 unspecified atom stereocenters. The van der Waals surface area contributed by atoms with Gasteiger partial charge in [-0.05, 0) is 25.2 Å². The van der Waals surface area contributed by atoms with Crippen LogP contribution in [0.4, 0.5) is 0 Å². The van der Waals surface area contributed by atoms with Crippen LogP contribution in [0.15, 0.2) is 6.20 Å². The van der Waals surface area contributed by atoms with Crippen molar-refractivity contribution in [2.24, 2.45) is 5.92 Å². The van der Waals surface area contributed by atoms with Gasteiger partial charge in [-0.2, -0.15) is 0 Å². The second-order valence-electron chi connectivity index (χ2n) is 4.11. The van der Waals surface area contributed by atoms with E-state index < -0.39 is 0 Å². The molecule has 0 saturated carbocycles. The fourth-order valence-corrected chi connectivity index (χ4v) is 2.18. The van der Waals surface area contributed by atoms with Crippen molar-refractivity contribution in [2.45, 2.75) is 39.2 Å². The van der Waals surface area contributed by atoms with E-state index in [0.717, 1.165) is 32.2 Å². The monoisotopic (exact) mass is 194 g/mol. The molecule has 0 amide bonds. The largest absolute Gasteiger partial charge is 0.396 e. The zero-order valence-corrected chi connectivity index (χ0v) is 8.74. The number of aliphatic hydroxyl groups is 1. The van der Waals surface area contributed by atoms with Crippen LogP contribution in [0.1, 0.15) is 31.3 Å². The lowest BCUT2D eigenvalue weighted by Crippen LogP contribution is -2.22. The molecule has 0 aromatic carbocycles. The number of nitrogens with zero attached hydrogens (tertiary/aromatic N) is 2. The van der Waals surface area contributed by atoms with Crippen LogP contribution in [0, 0.1) is 5.92 Å². The Hall–Kier alpha value is -0.830. The third-order valence-electron chi connectivity index (χ3n) is 3.01. The van der Waals surface area contributed by atoms with E-state index in [1.807, 2.05) is 6.20 Å². The first-order chi connectivity index (χ1) is 6.85. The molecular formula is C11H18N2O. The number of aromatic nitrogens is 2. The van der Waals surface area contributed by atoms with Gasteiger partial charge in [-0.25, -0.2) is 4.98 Å². The summed E-state index contributed by atoms with van der Waals surface area (Å²) in [4.78, 5) is 4.44. The molecule has 78 valence electrons. The highest BCUT2D eigenvalue weighted by atomic mass is 16.3. The highest BCUT2D eigenvalue weighted by molar-refractivity contribution is 5.09. The lowest BCUT2D eigenvalue weighted by Gasteiger charge is -2.23. The third kappa shape index (κ3) is 1.69. The van der Waals surface area contributed by atoms with E-state index in [1.165, 1.54) is 11.5 Å². The summed E-state index contributed by atoms with van der Waals surface area (Å²) in [6.45, 7) is 3.53. The van der Waals surface area contributed by atoms with Gasteiger partial charge in [0.05, 0.1) is 0 Å². The van der Waals surface area contributed by atoms with Gasteiger partial charge in [-0.15, -0.1) is 0 Å². The minimum atomic E-state index is 0.314. The lowest BCUT2D eigenvalue weighted by atomic mass is 9.97. The SMILES string of the molecule is CCCc1ncc2n1CCC(CO)C2. The van der Waals surface area contributed by atoms with Gasteiger partial charge in [0.25, 0.3) is 0 Å². The Morgan fingerprint density at radius 3 is 3.21 bits per heavy atom. The second kappa shape index (κ2) is 4.13. The minimum Gasteiger partial charge on any atom is -0.396 e. The normalized spacial score (nSPS) is 20.9. The molecule has 1 atom stereocenters. The molecule has 2 heterocycles. The number of imidazole rings is 1. The summed E-state index contributed by atoms with van der Waals surface area (Å²) in [5.74, 6) is 1.67. The Morgan fingerprint density at radius 2 is 2.50 bits per heavy atom. The maximum atomic E-state index is 9.10. The molecule has 0 saturated heterocycles. The van der Waals surface area contributed by atoms with Crippen LogP contribution in [0.5, 0.6) is 0 Å². The fraction of sp³-hybridized carbons (Fsp3) is 0.727. The molecule has 3 nitrogen and oxygen atoms in total. The average Bonchev–Trinajstić information content (AvgIpc) is 2.61. The zero-order valence-electron chi connectivity index (χ0n) is 8.74. The summed E-state index contributed by atoms with van der Waals surface area (Å²) in [5, 5.41) is 9.10. The van der Waals surface area contributed by atoms with E-state index in [-0.39, 0.29) is 0 Å². The van der Waals surface area contributed by atoms with Crippen LogP contribution in [-0.2, 0) is 19.4 Å². The Labute approximate surface area is 84.8 Å². The van der Waals surface area contributed by atoms with Gasteiger partial charge in [0.15, 0.2) is 0 Å². The van der Waals surface area contributed by atoms with Crippen molar-refractivity contribution >= 4 is 0 Å². The molecule has 1 aliphatic heterocycles. The number of hydrogen-bond acceptors (Lipinski definition) is 2. The zero-order chi connectivity index (χ0) is 9.97. The van der Waals surface area contributed by atoms with Crippen molar-refractivity contribution in [1.29, 1.82) is 0 Å². The predicted molar refractivity (Wildman–Crippen MR) is 55.1 cm³/mol. The molecule has 0 bridgehead atoms. The molecule has 1 aromatic rings. The van der Waals surface area contributed by atoms with E-state index in [2.05, 4.69) is 16.5 Å². The molecule has 2 rings (SSSR count). The highest BCUT2D eigenvalue weighted by Gasteiger charge is 2.20. The number of fused-ring (bicyclic) bond motifs is 1. The summed E-state index contributed by atoms with van der Waals surface area (Å²) < 4.78 is 2.33. The van der Waals surface area contributed by atoms with E-state index in [4.69, 9.17) is 5.11 Å². The van der Waals surface area contributed by atoms with Crippen LogP contribution >= 0.6 is 0 Å². The maximum absolute atomic E-state index is 9.10. The maximum Gasteiger partial charge on any atom is 0.108 e. The molecule has 14 heavy (non-hydrogen) atoms. The highest BCUT2D eigenvalue weighted by Crippen LogP contribution is 2.21. The van der Waals surface area contributed by atoms with Crippen LogP contribution < -0.4 is 0 Å². The Bertz CT molecular complexity index is 306. The lowest BCUT2D eigenvalue weighted by molar-refractivity contribution is 0.200. The first-order valence-corrected chi connectivity index (χ1v) is 5.49. The van der Waals surface area contributed by atoms with Gasteiger partial charge in [-0.3, -0.25) is 0 Å². The number of hydrogen-bond donors (Lipinski definition) is 1. The first-order valence-electron chi connectivity index (χ1n) is 5.49. The summed E-state index contributed by atoms with van der Waals surface area (Å²) in [7, 11) is 0. The van der Waals surface area contributed by atoms with Gasteiger partial charge in [0, 0.05) is 31.5 Å². The Morgan fingerprint density at radius 1 is 1.64 bits per heavy atom.